The van der Waals surface area contributed by atoms with Crippen LogP contribution in [0.1, 0.15) is 36.3 Å². The number of hydrogen-bond acceptors (Lipinski definition) is 5. The molecule has 6 nitrogen and oxygen atoms in total. The van der Waals surface area contributed by atoms with Crippen LogP contribution in [0.2, 0.25) is 0 Å². The van der Waals surface area contributed by atoms with Gasteiger partial charge in [0, 0.05) is 6.26 Å². The molecule has 2 rings (SSSR count). The number of sulfone groups is 1. The number of nitrogens with zero attached hydrogens (tertiary/aromatic N) is 3. The minimum atomic E-state index is -3.45. The highest BCUT2D eigenvalue weighted by Crippen LogP contribution is 2.18. The van der Waals surface area contributed by atoms with Gasteiger partial charge in [0.2, 0.25) is 15.0 Å². The fraction of sp³-hybridized carbons (Fsp3) is 0.429. The quantitative estimate of drug-likeness (QED) is 0.902. The van der Waals surface area contributed by atoms with E-state index in [0.717, 1.165) is 17.4 Å². The van der Waals surface area contributed by atoms with Gasteiger partial charge in [-0.2, -0.15) is 0 Å². The smallest absolute Gasteiger partial charge is 0.249 e. The molecule has 0 aliphatic carbocycles. The summed E-state index contributed by atoms with van der Waals surface area (Å²) in [6.45, 7) is 4.32. The van der Waals surface area contributed by atoms with Crippen LogP contribution in [-0.4, -0.2) is 29.4 Å². The Kier molecular flexibility index (Phi) is 4.43. The first kappa shape index (κ1) is 15.7. The summed E-state index contributed by atoms with van der Waals surface area (Å²) in [5, 5.41) is 7.75. The molecule has 114 valence electrons. The lowest BCUT2D eigenvalue weighted by molar-refractivity contribution is 0.553. The Morgan fingerprint density at radius 3 is 2.38 bits per heavy atom. The van der Waals surface area contributed by atoms with E-state index in [1.807, 2.05) is 38.1 Å². The van der Waals surface area contributed by atoms with Crippen LogP contribution in [0.25, 0.3) is 0 Å². The third-order valence-electron chi connectivity index (χ3n) is 3.31. The topological polar surface area (TPSA) is 90.9 Å². The molecule has 0 bridgehead atoms. The fourth-order valence-corrected chi connectivity index (χ4v) is 2.80. The highest BCUT2D eigenvalue weighted by atomic mass is 32.2. The van der Waals surface area contributed by atoms with Gasteiger partial charge in [0.25, 0.3) is 0 Å². The van der Waals surface area contributed by atoms with Gasteiger partial charge in [0.05, 0.1) is 12.6 Å². The zero-order valence-electron chi connectivity index (χ0n) is 12.4. The number of nitrogens with two attached hydrogens (primary N) is 1. The molecule has 7 heteroatoms. The normalized spacial score (nSPS) is 13.3. The van der Waals surface area contributed by atoms with Gasteiger partial charge >= 0.3 is 0 Å². The first-order chi connectivity index (χ1) is 9.82. The van der Waals surface area contributed by atoms with Crippen LogP contribution in [0.5, 0.6) is 0 Å². The molecule has 2 aromatic rings. The number of benzene rings is 1. The molecule has 1 atom stereocenters. The minimum Gasteiger partial charge on any atom is -0.321 e. The molecule has 1 aromatic carbocycles. The van der Waals surface area contributed by atoms with Gasteiger partial charge in [-0.3, -0.25) is 4.57 Å². The van der Waals surface area contributed by atoms with Gasteiger partial charge < -0.3 is 5.73 Å². The molecule has 1 heterocycles. The zero-order chi connectivity index (χ0) is 15.6. The Balaban J connectivity index is 2.48. The number of aryl methyl sites for hydroxylation is 1. The van der Waals surface area contributed by atoms with Gasteiger partial charge in [-0.1, -0.05) is 36.8 Å². The van der Waals surface area contributed by atoms with Crippen molar-refractivity contribution in [3.05, 3.63) is 41.2 Å². The maximum absolute atomic E-state index is 11.9. The Morgan fingerprint density at radius 1 is 1.24 bits per heavy atom. The summed E-state index contributed by atoms with van der Waals surface area (Å²) in [7, 11) is -3.45. The maximum atomic E-state index is 11.9. The minimum absolute atomic E-state index is 0.0398. The lowest BCUT2D eigenvalue weighted by atomic mass is 10.1. The molecule has 0 fully saturated rings. The van der Waals surface area contributed by atoms with Crippen molar-refractivity contribution in [3.63, 3.8) is 0 Å². The summed E-state index contributed by atoms with van der Waals surface area (Å²) in [5.41, 5.74) is 8.14. The van der Waals surface area contributed by atoms with Crippen molar-refractivity contribution >= 4 is 9.84 Å². The van der Waals surface area contributed by atoms with Gasteiger partial charge in [-0.15, -0.1) is 10.2 Å². The van der Waals surface area contributed by atoms with E-state index in [4.69, 9.17) is 5.73 Å². The third-order valence-corrected chi connectivity index (χ3v) is 4.28. The lowest BCUT2D eigenvalue weighted by Gasteiger charge is -2.13. The molecule has 2 N–H and O–H groups in total. The van der Waals surface area contributed by atoms with E-state index < -0.39 is 9.84 Å². The predicted molar refractivity (Wildman–Crippen MR) is 80.6 cm³/mol. The first-order valence-corrected chi connectivity index (χ1v) is 8.66. The summed E-state index contributed by atoms with van der Waals surface area (Å²) in [5.74, 6) is 0.499. The van der Waals surface area contributed by atoms with E-state index in [1.54, 1.807) is 4.57 Å². The van der Waals surface area contributed by atoms with E-state index in [9.17, 15) is 8.42 Å². The van der Waals surface area contributed by atoms with Crippen molar-refractivity contribution in [3.8, 4) is 0 Å². The molecule has 1 unspecified atom stereocenters. The van der Waals surface area contributed by atoms with Gasteiger partial charge in [-0.05, 0) is 18.9 Å². The van der Waals surface area contributed by atoms with Crippen LogP contribution in [0.15, 0.2) is 29.4 Å². The fourth-order valence-electron chi connectivity index (χ4n) is 2.06. The summed E-state index contributed by atoms with van der Waals surface area (Å²) >= 11 is 0. The van der Waals surface area contributed by atoms with Crippen LogP contribution in [-0.2, 0) is 16.4 Å². The van der Waals surface area contributed by atoms with Crippen LogP contribution in [0.4, 0.5) is 0 Å². The van der Waals surface area contributed by atoms with Crippen molar-refractivity contribution in [1.82, 2.24) is 14.8 Å². The van der Waals surface area contributed by atoms with Crippen molar-refractivity contribution in [2.45, 2.75) is 38.0 Å². The number of hydrogen-bond donors (Lipinski definition) is 1. The van der Waals surface area contributed by atoms with Gasteiger partial charge in [0.1, 0.15) is 0 Å². The van der Waals surface area contributed by atoms with E-state index in [-0.39, 0.29) is 11.2 Å². The Bertz CT molecular complexity index is 720. The van der Waals surface area contributed by atoms with E-state index in [1.165, 1.54) is 0 Å². The lowest BCUT2D eigenvalue weighted by Crippen LogP contribution is -2.19. The van der Waals surface area contributed by atoms with Crippen molar-refractivity contribution < 1.29 is 8.42 Å². The van der Waals surface area contributed by atoms with Gasteiger partial charge in [-0.25, -0.2) is 8.42 Å². The number of rotatable bonds is 5. The van der Waals surface area contributed by atoms with Gasteiger partial charge in [0.15, 0.2) is 5.82 Å². The summed E-state index contributed by atoms with van der Waals surface area (Å²) in [4.78, 5) is 0. The highest BCUT2D eigenvalue weighted by molar-refractivity contribution is 7.90. The molecule has 0 spiro atoms. The standard InChI is InChI=1S/C14H20N4O2S/c1-4-12(15)13-16-17-14(21(3,19)20)18(13)9-11-7-5-10(2)6-8-11/h5-8,12H,4,9,15H2,1-3H3. The molecule has 0 aliphatic heterocycles. The molecule has 0 amide bonds. The largest absolute Gasteiger partial charge is 0.321 e. The van der Waals surface area contributed by atoms with Crippen molar-refractivity contribution in [2.24, 2.45) is 5.73 Å². The van der Waals surface area contributed by atoms with E-state index >= 15 is 0 Å². The van der Waals surface area contributed by atoms with Crippen LogP contribution >= 0.6 is 0 Å². The highest BCUT2D eigenvalue weighted by Gasteiger charge is 2.23. The van der Waals surface area contributed by atoms with Crippen molar-refractivity contribution in [1.29, 1.82) is 0 Å². The second-order valence-corrected chi connectivity index (χ2v) is 7.11. The average Bonchev–Trinajstić information content (AvgIpc) is 2.84. The van der Waals surface area contributed by atoms with Crippen LogP contribution in [0.3, 0.4) is 0 Å². The molecule has 0 saturated heterocycles. The monoisotopic (exact) mass is 308 g/mol. The molecular formula is C14H20N4O2S. The Hall–Kier alpha value is -1.73. The summed E-state index contributed by atoms with van der Waals surface area (Å²) < 4.78 is 25.3. The zero-order valence-corrected chi connectivity index (χ0v) is 13.3. The second kappa shape index (κ2) is 5.95. The molecular weight excluding hydrogens is 288 g/mol. The average molecular weight is 308 g/mol. The van der Waals surface area contributed by atoms with Crippen molar-refractivity contribution in [2.75, 3.05) is 6.26 Å². The van der Waals surface area contributed by atoms with Crippen LogP contribution in [0, 0.1) is 6.92 Å². The summed E-state index contributed by atoms with van der Waals surface area (Å²) in [6, 6.07) is 7.56. The van der Waals surface area contributed by atoms with Crippen LogP contribution < -0.4 is 5.73 Å². The Labute approximate surface area is 124 Å². The van der Waals surface area contributed by atoms with E-state index in [2.05, 4.69) is 10.2 Å². The molecule has 21 heavy (non-hydrogen) atoms. The Morgan fingerprint density at radius 2 is 1.86 bits per heavy atom. The summed E-state index contributed by atoms with van der Waals surface area (Å²) in [6.07, 6.45) is 1.79. The van der Waals surface area contributed by atoms with E-state index in [0.29, 0.717) is 18.8 Å². The number of aromatic nitrogens is 3. The molecule has 0 radical (unpaired) electrons. The second-order valence-electron chi connectivity index (χ2n) is 5.20. The third kappa shape index (κ3) is 3.48. The predicted octanol–water partition coefficient (Wildman–Crippen LogP) is 1.45. The first-order valence-electron chi connectivity index (χ1n) is 6.77. The molecule has 1 aromatic heterocycles. The molecule has 0 saturated carbocycles. The molecule has 0 aliphatic rings. The SMILES string of the molecule is CCC(N)c1nnc(S(C)(=O)=O)n1Cc1ccc(C)cc1. The maximum Gasteiger partial charge on any atom is 0.249 e.